The molecule has 3 aromatic rings. The first-order valence-corrected chi connectivity index (χ1v) is 7.11. The average Bonchev–Trinajstić information content (AvgIpc) is 2.46. The second-order valence-corrected chi connectivity index (χ2v) is 5.55. The molecule has 0 saturated heterocycles. The largest absolute Gasteiger partial charge is 0.288 e. The van der Waals surface area contributed by atoms with Crippen LogP contribution in [0.1, 0.15) is 21.5 Å². The highest BCUT2D eigenvalue weighted by Gasteiger charge is 2.15. The lowest BCUT2D eigenvalue weighted by Crippen LogP contribution is -2.04. The molecule has 2 nitrogen and oxygen atoms in total. The first-order chi connectivity index (χ1) is 9.66. The number of aryl methyl sites for hydroxylation is 1. The molecule has 0 aliphatic heterocycles. The molecule has 0 aliphatic carbocycles. The van der Waals surface area contributed by atoms with Gasteiger partial charge in [0.05, 0.1) is 5.52 Å². The standard InChI is InChI=1S/C17H12BrNO/c1-11-7-8-13(15(18)10-11)17(20)14-6-2-4-12-5-3-9-19-16(12)14/h2-10H,1H3. The third-order valence-electron chi connectivity index (χ3n) is 3.25. The fraction of sp³-hybridized carbons (Fsp3) is 0.0588. The Balaban J connectivity index is 2.18. The Hall–Kier alpha value is -2.00. The van der Waals surface area contributed by atoms with Crippen molar-refractivity contribution in [2.24, 2.45) is 0 Å². The Morgan fingerprint density at radius 1 is 1.05 bits per heavy atom. The summed E-state index contributed by atoms with van der Waals surface area (Å²) in [6, 6.07) is 15.3. The summed E-state index contributed by atoms with van der Waals surface area (Å²) in [5, 5.41) is 0.974. The molecule has 1 aromatic heterocycles. The summed E-state index contributed by atoms with van der Waals surface area (Å²) < 4.78 is 0.815. The highest BCUT2D eigenvalue weighted by molar-refractivity contribution is 9.10. The van der Waals surface area contributed by atoms with Crippen LogP contribution in [0.3, 0.4) is 0 Å². The smallest absolute Gasteiger partial charge is 0.196 e. The summed E-state index contributed by atoms with van der Waals surface area (Å²) in [5.41, 5.74) is 3.15. The molecule has 1 heterocycles. The third-order valence-corrected chi connectivity index (χ3v) is 3.90. The summed E-state index contributed by atoms with van der Waals surface area (Å²) >= 11 is 3.47. The van der Waals surface area contributed by atoms with E-state index in [2.05, 4.69) is 20.9 Å². The number of halogens is 1. The average molecular weight is 326 g/mol. The number of hydrogen-bond acceptors (Lipinski definition) is 2. The van der Waals surface area contributed by atoms with Crippen molar-refractivity contribution in [2.45, 2.75) is 6.92 Å². The quantitative estimate of drug-likeness (QED) is 0.647. The van der Waals surface area contributed by atoms with Crippen molar-refractivity contribution < 1.29 is 4.79 Å². The van der Waals surface area contributed by atoms with E-state index in [0.717, 1.165) is 20.9 Å². The van der Waals surface area contributed by atoms with Crippen LogP contribution in [-0.2, 0) is 0 Å². The van der Waals surface area contributed by atoms with Crippen molar-refractivity contribution in [1.29, 1.82) is 0 Å². The Kier molecular flexibility index (Phi) is 3.36. The Morgan fingerprint density at radius 3 is 2.65 bits per heavy atom. The van der Waals surface area contributed by atoms with Gasteiger partial charge in [0.2, 0.25) is 0 Å². The minimum absolute atomic E-state index is 0.0128. The number of ketones is 1. The molecule has 0 N–H and O–H groups in total. The zero-order valence-corrected chi connectivity index (χ0v) is 12.5. The Labute approximate surface area is 125 Å². The van der Waals surface area contributed by atoms with Crippen LogP contribution in [0, 0.1) is 6.92 Å². The minimum atomic E-state index is -0.0128. The summed E-state index contributed by atoms with van der Waals surface area (Å²) in [4.78, 5) is 17.1. The SMILES string of the molecule is Cc1ccc(C(=O)c2cccc3cccnc23)c(Br)c1. The number of aromatic nitrogens is 1. The van der Waals surface area contributed by atoms with E-state index >= 15 is 0 Å². The molecule has 0 aliphatic rings. The van der Waals surface area contributed by atoms with E-state index in [1.54, 1.807) is 6.20 Å². The van der Waals surface area contributed by atoms with Crippen LogP contribution >= 0.6 is 15.9 Å². The van der Waals surface area contributed by atoms with Gasteiger partial charge < -0.3 is 0 Å². The van der Waals surface area contributed by atoms with Crippen molar-refractivity contribution in [3.63, 3.8) is 0 Å². The minimum Gasteiger partial charge on any atom is -0.288 e. The number of nitrogens with zero attached hydrogens (tertiary/aromatic N) is 1. The van der Waals surface area contributed by atoms with Gasteiger partial charge in [-0.3, -0.25) is 9.78 Å². The van der Waals surface area contributed by atoms with Gasteiger partial charge in [0, 0.05) is 27.2 Å². The van der Waals surface area contributed by atoms with E-state index in [9.17, 15) is 4.79 Å². The van der Waals surface area contributed by atoms with E-state index in [4.69, 9.17) is 0 Å². The molecule has 20 heavy (non-hydrogen) atoms. The van der Waals surface area contributed by atoms with Crippen molar-refractivity contribution in [3.8, 4) is 0 Å². The van der Waals surface area contributed by atoms with Crippen LogP contribution in [0.2, 0.25) is 0 Å². The number of hydrogen-bond donors (Lipinski definition) is 0. The monoisotopic (exact) mass is 325 g/mol. The molecule has 0 spiro atoms. The molecule has 3 heteroatoms. The zero-order valence-electron chi connectivity index (χ0n) is 10.9. The Morgan fingerprint density at radius 2 is 1.85 bits per heavy atom. The second kappa shape index (κ2) is 5.17. The molecule has 0 amide bonds. The summed E-state index contributed by atoms with van der Waals surface area (Å²) in [5.74, 6) is -0.0128. The van der Waals surface area contributed by atoms with Gasteiger partial charge in [0.25, 0.3) is 0 Å². The summed E-state index contributed by atoms with van der Waals surface area (Å²) in [6.07, 6.45) is 1.71. The topological polar surface area (TPSA) is 30.0 Å². The number of carbonyl (C=O) groups is 1. The van der Waals surface area contributed by atoms with E-state index in [-0.39, 0.29) is 5.78 Å². The molecule has 0 unspecified atom stereocenters. The maximum absolute atomic E-state index is 12.7. The van der Waals surface area contributed by atoms with Crippen molar-refractivity contribution in [2.75, 3.05) is 0 Å². The molecule has 0 bridgehead atoms. The fourth-order valence-corrected chi connectivity index (χ4v) is 2.91. The third kappa shape index (κ3) is 2.25. The molecule has 98 valence electrons. The van der Waals surface area contributed by atoms with Gasteiger partial charge in [-0.05, 0) is 36.8 Å². The molecular formula is C17H12BrNO. The number of benzene rings is 2. The van der Waals surface area contributed by atoms with Crippen LogP contribution in [0.15, 0.2) is 59.2 Å². The highest BCUT2D eigenvalue weighted by atomic mass is 79.9. The lowest BCUT2D eigenvalue weighted by Gasteiger charge is -2.07. The lowest BCUT2D eigenvalue weighted by molar-refractivity contribution is 0.103. The zero-order chi connectivity index (χ0) is 14.1. The van der Waals surface area contributed by atoms with Crippen LogP contribution in [0.5, 0.6) is 0 Å². The summed E-state index contributed by atoms with van der Waals surface area (Å²) in [6.45, 7) is 2.00. The van der Waals surface area contributed by atoms with Crippen LogP contribution < -0.4 is 0 Å². The molecule has 0 fully saturated rings. The molecule has 0 saturated carbocycles. The molecule has 3 rings (SSSR count). The van der Waals surface area contributed by atoms with Gasteiger partial charge in [-0.1, -0.05) is 40.2 Å². The second-order valence-electron chi connectivity index (χ2n) is 4.69. The maximum atomic E-state index is 12.7. The van der Waals surface area contributed by atoms with Crippen molar-refractivity contribution in [3.05, 3.63) is 75.9 Å². The predicted octanol–water partition coefficient (Wildman–Crippen LogP) is 4.54. The summed E-state index contributed by atoms with van der Waals surface area (Å²) in [7, 11) is 0. The van der Waals surface area contributed by atoms with Crippen LogP contribution in [0.25, 0.3) is 10.9 Å². The number of carbonyl (C=O) groups excluding carboxylic acids is 1. The lowest BCUT2D eigenvalue weighted by atomic mass is 10.00. The maximum Gasteiger partial charge on any atom is 0.196 e. The number of rotatable bonds is 2. The first-order valence-electron chi connectivity index (χ1n) is 6.31. The highest BCUT2D eigenvalue weighted by Crippen LogP contribution is 2.24. The van der Waals surface area contributed by atoms with E-state index in [1.807, 2.05) is 55.5 Å². The molecule has 0 atom stereocenters. The van der Waals surface area contributed by atoms with Gasteiger partial charge in [0.1, 0.15) is 0 Å². The van der Waals surface area contributed by atoms with Crippen LogP contribution in [0.4, 0.5) is 0 Å². The Bertz CT molecular complexity index is 806. The van der Waals surface area contributed by atoms with Gasteiger partial charge in [-0.2, -0.15) is 0 Å². The van der Waals surface area contributed by atoms with Crippen LogP contribution in [-0.4, -0.2) is 10.8 Å². The predicted molar refractivity (Wildman–Crippen MR) is 84.1 cm³/mol. The van der Waals surface area contributed by atoms with E-state index in [1.165, 1.54) is 0 Å². The normalized spacial score (nSPS) is 10.7. The van der Waals surface area contributed by atoms with Crippen molar-refractivity contribution in [1.82, 2.24) is 4.98 Å². The van der Waals surface area contributed by atoms with Gasteiger partial charge in [0.15, 0.2) is 5.78 Å². The van der Waals surface area contributed by atoms with E-state index in [0.29, 0.717) is 11.1 Å². The number of fused-ring (bicyclic) bond motifs is 1. The van der Waals surface area contributed by atoms with Gasteiger partial charge >= 0.3 is 0 Å². The molecular weight excluding hydrogens is 314 g/mol. The number of para-hydroxylation sites is 1. The molecule has 0 radical (unpaired) electrons. The first kappa shape index (κ1) is 13.0. The van der Waals surface area contributed by atoms with E-state index < -0.39 is 0 Å². The van der Waals surface area contributed by atoms with Crippen molar-refractivity contribution >= 4 is 32.6 Å². The molecule has 2 aromatic carbocycles. The number of pyridine rings is 1. The fourth-order valence-electron chi connectivity index (χ4n) is 2.24. The van der Waals surface area contributed by atoms with Gasteiger partial charge in [-0.15, -0.1) is 0 Å². The van der Waals surface area contributed by atoms with Gasteiger partial charge in [-0.25, -0.2) is 0 Å².